The van der Waals surface area contributed by atoms with Gasteiger partial charge in [0.2, 0.25) is 0 Å². The van der Waals surface area contributed by atoms with Crippen LogP contribution in [-0.2, 0) is 9.47 Å². The van der Waals surface area contributed by atoms with Gasteiger partial charge >= 0.3 is 5.69 Å². The molecule has 1 aromatic heterocycles. The van der Waals surface area contributed by atoms with Gasteiger partial charge in [-0.1, -0.05) is 41.5 Å². The second kappa shape index (κ2) is 10.5. The van der Waals surface area contributed by atoms with E-state index in [0.29, 0.717) is 24.4 Å². The van der Waals surface area contributed by atoms with Gasteiger partial charge in [-0.05, 0) is 23.8 Å². The number of anilines is 1. The molecule has 0 radical (unpaired) electrons. The van der Waals surface area contributed by atoms with E-state index in [1.54, 1.807) is 16.3 Å². The summed E-state index contributed by atoms with van der Waals surface area (Å²) in [6, 6.07) is 1.93. The van der Waals surface area contributed by atoms with Gasteiger partial charge in [0.1, 0.15) is 17.5 Å². The summed E-state index contributed by atoms with van der Waals surface area (Å²) in [5.41, 5.74) is -0.280. The number of thioether (sulfide) groups is 1. The molecule has 6 nitrogen and oxygen atoms in total. The van der Waals surface area contributed by atoms with E-state index in [1.807, 2.05) is 12.3 Å². The minimum atomic E-state index is -0.277. The lowest BCUT2D eigenvalue weighted by molar-refractivity contribution is -0.0286. The zero-order valence-corrected chi connectivity index (χ0v) is 18.4. The summed E-state index contributed by atoms with van der Waals surface area (Å²) >= 11 is 1.69. The van der Waals surface area contributed by atoms with Gasteiger partial charge in [0.05, 0.1) is 6.61 Å². The first-order valence-corrected chi connectivity index (χ1v) is 11.0. The summed E-state index contributed by atoms with van der Waals surface area (Å²) in [5, 5.41) is 0. The quantitative estimate of drug-likeness (QED) is 0.601. The summed E-state index contributed by atoms with van der Waals surface area (Å²) in [6.45, 7) is 16.0. The van der Waals surface area contributed by atoms with Gasteiger partial charge < -0.3 is 14.4 Å². The molecule has 2 atom stereocenters. The Morgan fingerprint density at radius 3 is 2.44 bits per heavy atom. The van der Waals surface area contributed by atoms with Crippen LogP contribution in [0.2, 0.25) is 0 Å². The predicted octanol–water partition coefficient (Wildman–Crippen LogP) is 3.62. The van der Waals surface area contributed by atoms with E-state index in [-0.39, 0.29) is 17.4 Å². The molecular formula is C20H35N3O3S. The maximum atomic E-state index is 12.6. The Bertz CT molecular complexity index is 623. The molecule has 2 heterocycles. The molecule has 154 valence electrons. The van der Waals surface area contributed by atoms with E-state index >= 15 is 0 Å². The Morgan fingerprint density at radius 2 is 1.89 bits per heavy atom. The van der Waals surface area contributed by atoms with Crippen LogP contribution in [0.25, 0.3) is 0 Å². The summed E-state index contributed by atoms with van der Waals surface area (Å²) < 4.78 is 13.2. The summed E-state index contributed by atoms with van der Waals surface area (Å²) in [4.78, 5) is 19.2. The highest BCUT2D eigenvalue weighted by atomic mass is 32.2. The van der Waals surface area contributed by atoms with Gasteiger partial charge in [-0.2, -0.15) is 4.98 Å². The van der Waals surface area contributed by atoms with Gasteiger partial charge in [0.15, 0.2) is 0 Å². The second-order valence-corrected chi connectivity index (χ2v) is 9.65. The molecule has 0 aromatic carbocycles. The van der Waals surface area contributed by atoms with Gasteiger partial charge in [-0.15, -0.1) is 11.8 Å². The average molecular weight is 398 g/mol. The maximum Gasteiger partial charge on any atom is 0.351 e. The lowest BCUT2D eigenvalue weighted by atomic mass is 10.1. The number of rotatable bonds is 10. The van der Waals surface area contributed by atoms with Crippen molar-refractivity contribution in [3.63, 3.8) is 0 Å². The number of hydrogen-bond donors (Lipinski definition) is 0. The van der Waals surface area contributed by atoms with Crippen LogP contribution < -0.4 is 10.6 Å². The smallest absolute Gasteiger partial charge is 0.351 e. The highest BCUT2D eigenvalue weighted by Gasteiger charge is 2.28. The van der Waals surface area contributed by atoms with Crippen molar-refractivity contribution in [3.8, 4) is 0 Å². The lowest BCUT2D eigenvalue weighted by Gasteiger charge is -2.27. The third-order valence-electron chi connectivity index (χ3n) is 4.06. The molecular weight excluding hydrogens is 362 g/mol. The molecule has 2 rings (SSSR count). The van der Waals surface area contributed by atoms with E-state index in [9.17, 15) is 4.79 Å². The molecule has 0 N–H and O–H groups in total. The first-order chi connectivity index (χ1) is 12.8. The standard InChI is InChI=1S/C20H35N3O3S/c1-14(2)9-22(10-15(3)4)17-7-8-23(20(24)21-17)18-13-27-19(26-18)12-25-11-16(5)6/h7-8,14-16,18-19H,9-13H2,1-6H3/t18-,19?/m0/s1. The molecule has 1 aliphatic heterocycles. The van der Waals surface area contributed by atoms with Crippen molar-refractivity contribution >= 4 is 17.6 Å². The van der Waals surface area contributed by atoms with Crippen molar-refractivity contribution in [3.05, 3.63) is 22.7 Å². The minimum Gasteiger partial charge on any atom is -0.378 e. The van der Waals surface area contributed by atoms with E-state index in [0.717, 1.165) is 31.3 Å². The first-order valence-electron chi connectivity index (χ1n) is 9.95. The number of hydrogen-bond acceptors (Lipinski definition) is 6. The molecule has 0 spiro atoms. The van der Waals surface area contributed by atoms with Crippen LogP contribution in [0.3, 0.4) is 0 Å². The fourth-order valence-corrected chi connectivity index (χ4v) is 4.04. The lowest BCUT2D eigenvalue weighted by Crippen LogP contribution is -2.35. The third kappa shape index (κ3) is 7.12. The average Bonchev–Trinajstić information content (AvgIpc) is 3.01. The molecule has 1 saturated heterocycles. The molecule has 1 aliphatic rings. The molecule has 0 amide bonds. The monoisotopic (exact) mass is 397 g/mol. The topological polar surface area (TPSA) is 56.6 Å². The van der Waals surface area contributed by atoms with Gasteiger partial charge in [-0.25, -0.2) is 4.79 Å². The van der Waals surface area contributed by atoms with Crippen molar-refractivity contribution in [2.24, 2.45) is 17.8 Å². The zero-order chi connectivity index (χ0) is 20.0. The van der Waals surface area contributed by atoms with Crippen molar-refractivity contribution in [2.45, 2.75) is 53.2 Å². The second-order valence-electron chi connectivity index (χ2n) is 8.45. The minimum absolute atomic E-state index is 0.0290. The Labute approximate surface area is 167 Å². The molecule has 7 heteroatoms. The molecule has 27 heavy (non-hydrogen) atoms. The van der Waals surface area contributed by atoms with Crippen molar-refractivity contribution in [1.82, 2.24) is 9.55 Å². The summed E-state index contributed by atoms with van der Waals surface area (Å²) in [6.07, 6.45) is 1.54. The Kier molecular flexibility index (Phi) is 8.63. The van der Waals surface area contributed by atoms with Gasteiger partial charge in [0, 0.05) is 31.6 Å². The Hall–Kier alpha value is -1.05. The summed E-state index contributed by atoms with van der Waals surface area (Å²) in [5.74, 6) is 3.01. The first kappa shape index (κ1) is 22.2. The van der Waals surface area contributed by atoms with Crippen LogP contribution in [0.5, 0.6) is 0 Å². The van der Waals surface area contributed by atoms with Crippen molar-refractivity contribution in [1.29, 1.82) is 0 Å². The van der Waals surface area contributed by atoms with E-state index < -0.39 is 0 Å². The Balaban J connectivity index is 2.02. The largest absolute Gasteiger partial charge is 0.378 e. The normalized spacial score (nSPS) is 20.2. The highest BCUT2D eigenvalue weighted by Crippen LogP contribution is 2.31. The van der Waals surface area contributed by atoms with Crippen LogP contribution in [0.15, 0.2) is 17.1 Å². The molecule has 0 saturated carbocycles. The van der Waals surface area contributed by atoms with Crippen LogP contribution in [-0.4, -0.2) is 47.0 Å². The Morgan fingerprint density at radius 1 is 1.22 bits per heavy atom. The number of nitrogens with zero attached hydrogens (tertiary/aromatic N) is 3. The zero-order valence-electron chi connectivity index (χ0n) is 17.6. The van der Waals surface area contributed by atoms with Crippen LogP contribution in [0.4, 0.5) is 5.82 Å². The maximum absolute atomic E-state index is 12.6. The fourth-order valence-electron chi connectivity index (χ4n) is 3.02. The highest BCUT2D eigenvalue weighted by molar-refractivity contribution is 8.00. The van der Waals surface area contributed by atoms with Crippen LogP contribution in [0.1, 0.15) is 47.8 Å². The SMILES string of the molecule is CC(C)COCC1O[C@H](n2ccc(N(CC(C)C)CC(C)C)nc2=O)CS1. The molecule has 0 aliphatic carbocycles. The van der Waals surface area contributed by atoms with Crippen LogP contribution in [0, 0.1) is 17.8 Å². The number of aromatic nitrogens is 2. The molecule has 1 fully saturated rings. The molecule has 0 bridgehead atoms. The predicted molar refractivity (Wildman–Crippen MR) is 112 cm³/mol. The van der Waals surface area contributed by atoms with E-state index in [2.05, 4.69) is 51.4 Å². The van der Waals surface area contributed by atoms with Crippen molar-refractivity contribution in [2.75, 3.05) is 37.0 Å². The van der Waals surface area contributed by atoms with Gasteiger partial charge in [-0.3, -0.25) is 4.57 Å². The molecule has 1 unspecified atom stereocenters. The number of ether oxygens (including phenoxy) is 2. The van der Waals surface area contributed by atoms with E-state index in [4.69, 9.17) is 9.47 Å². The van der Waals surface area contributed by atoms with Crippen molar-refractivity contribution < 1.29 is 9.47 Å². The molecule has 1 aromatic rings. The fraction of sp³-hybridized carbons (Fsp3) is 0.800. The van der Waals surface area contributed by atoms with E-state index in [1.165, 1.54) is 0 Å². The summed E-state index contributed by atoms with van der Waals surface area (Å²) in [7, 11) is 0. The van der Waals surface area contributed by atoms with Gasteiger partial charge in [0.25, 0.3) is 0 Å². The third-order valence-corrected chi connectivity index (χ3v) is 5.16. The van der Waals surface area contributed by atoms with Crippen LogP contribution >= 0.6 is 11.8 Å².